The minimum atomic E-state index is -0.541. The molecule has 2 N–H and O–H groups in total. The number of methoxy groups -OCH3 is 2. The van der Waals surface area contributed by atoms with Gasteiger partial charge in [-0.05, 0) is 36.4 Å². The molecule has 12 nitrogen and oxygen atoms in total. The minimum Gasteiger partial charge on any atom is -0.497 e. The molecule has 0 unspecified atom stereocenters. The highest BCUT2D eigenvalue weighted by atomic mass is 16.5. The summed E-state index contributed by atoms with van der Waals surface area (Å²) in [6.07, 6.45) is 0.480. The molecular formula is C34H37N5O7. The lowest BCUT2D eigenvalue weighted by molar-refractivity contribution is -0.130. The van der Waals surface area contributed by atoms with Gasteiger partial charge in [0.25, 0.3) is 11.8 Å². The third-order valence-electron chi connectivity index (χ3n) is 8.30. The van der Waals surface area contributed by atoms with Crippen molar-refractivity contribution in [1.29, 1.82) is 0 Å². The Morgan fingerprint density at radius 1 is 1.02 bits per heavy atom. The van der Waals surface area contributed by atoms with E-state index in [1.165, 1.54) is 7.11 Å². The third-order valence-corrected chi connectivity index (χ3v) is 8.30. The average Bonchev–Trinajstić information content (AvgIpc) is 3.65. The first-order valence-corrected chi connectivity index (χ1v) is 15.3. The van der Waals surface area contributed by atoms with Crippen molar-refractivity contribution < 1.29 is 33.3 Å². The molecule has 4 heterocycles. The van der Waals surface area contributed by atoms with Gasteiger partial charge >= 0.3 is 0 Å². The number of nitrogens with zero attached hydrogens (tertiary/aromatic N) is 3. The van der Waals surface area contributed by atoms with Crippen LogP contribution >= 0.6 is 0 Å². The first kappa shape index (κ1) is 30.8. The number of benzene rings is 3. The predicted molar refractivity (Wildman–Crippen MR) is 169 cm³/mol. The van der Waals surface area contributed by atoms with Crippen LogP contribution in [-0.4, -0.2) is 78.2 Å². The quantitative estimate of drug-likeness (QED) is 0.333. The number of para-hydroxylation sites is 2. The SMILES string of the molecule is CCc1nc2ccccc2n1CCC(=O)N1C[C@@H]2NC(=O)c3cc(OC)cc(c3)OCC(=O)NCc3ccc(cc3OC)O[C@H]2C1. The molecule has 2 atom stereocenters. The summed E-state index contributed by atoms with van der Waals surface area (Å²) in [5, 5.41) is 5.89. The zero-order chi connectivity index (χ0) is 32.2. The zero-order valence-electron chi connectivity index (χ0n) is 26.1. The molecule has 0 saturated carbocycles. The van der Waals surface area contributed by atoms with Crippen LogP contribution in [0.3, 0.4) is 0 Å². The highest BCUT2D eigenvalue weighted by molar-refractivity contribution is 5.95. The van der Waals surface area contributed by atoms with Crippen molar-refractivity contribution in [2.75, 3.05) is 33.9 Å². The molecule has 0 spiro atoms. The van der Waals surface area contributed by atoms with E-state index in [4.69, 9.17) is 23.9 Å². The maximum Gasteiger partial charge on any atom is 0.258 e. The van der Waals surface area contributed by atoms with Gasteiger partial charge in [0.1, 0.15) is 34.9 Å². The van der Waals surface area contributed by atoms with Crippen LogP contribution in [0.25, 0.3) is 11.0 Å². The number of hydrogen-bond donors (Lipinski definition) is 2. The molecule has 3 aliphatic rings. The van der Waals surface area contributed by atoms with Crippen molar-refractivity contribution >= 4 is 28.8 Å². The van der Waals surface area contributed by atoms with Crippen LogP contribution in [0, 0.1) is 0 Å². The molecule has 240 valence electrons. The Morgan fingerprint density at radius 3 is 2.67 bits per heavy atom. The van der Waals surface area contributed by atoms with Gasteiger partial charge < -0.3 is 39.0 Å². The van der Waals surface area contributed by atoms with Gasteiger partial charge in [-0.25, -0.2) is 4.98 Å². The summed E-state index contributed by atoms with van der Waals surface area (Å²) in [6, 6.07) is 17.5. The summed E-state index contributed by atoms with van der Waals surface area (Å²) in [4.78, 5) is 46.2. The minimum absolute atomic E-state index is 0.0481. The maximum atomic E-state index is 13.6. The molecule has 4 bridgehead atoms. The number of nitrogens with one attached hydrogen (secondary N) is 2. The number of fused-ring (bicyclic) bond motifs is 8. The molecule has 3 aliphatic heterocycles. The van der Waals surface area contributed by atoms with Crippen molar-refractivity contribution in [3.63, 3.8) is 0 Å². The highest BCUT2D eigenvalue weighted by Gasteiger charge is 2.38. The number of imidazole rings is 1. The summed E-state index contributed by atoms with van der Waals surface area (Å²) in [5.41, 5.74) is 2.94. The number of amides is 3. The molecular weight excluding hydrogens is 590 g/mol. The lowest BCUT2D eigenvalue weighted by Gasteiger charge is -2.22. The Bertz CT molecular complexity index is 1770. The van der Waals surface area contributed by atoms with Gasteiger partial charge in [0.15, 0.2) is 6.61 Å². The standard InChI is InChI=1S/C34H37N5O7/c1-4-31-36-26-7-5-6-8-28(26)39(31)12-11-33(41)38-18-27-30(19-38)46-23-10-9-21(29(16-23)44-3)17-35-32(40)20-45-25-14-22(34(42)37-27)13-24(15-25)43-2/h5-10,13-16,27,30H,4,11-12,17-20H2,1-3H3,(H,35,40)(H,37,42)/t27-,30-/m0/s1. The number of carbonyl (C=O) groups is 3. The Balaban J connectivity index is 1.26. The fraction of sp³-hybridized carbons (Fsp3) is 0.353. The topological polar surface area (TPSA) is 133 Å². The Hall–Kier alpha value is -5.26. The first-order chi connectivity index (χ1) is 22.3. The monoisotopic (exact) mass is 627 g/mol. The molecule has 1 aromatic heterocycles. The van der Waals surface area contributed by atoms with E-state index in [9.17, 15) is 14.4 Å². The van der Waals surface area contributed by atoms with Crippen molar-refractivity contribution in [2.24, 2.45) is 0 Å². The van der Waals surface area contributed by atoms with Crippen molar-refractivity contribution in [2.45, 2.75) is 45.0 Å². The van der Waals surface area contributed by atoms with Crippen LogP contribution in [0.2, 0.25) is 0 Å². The van der Waals surface area contributed by atoms with E-state index in [-0.39, 0.29) is 50.0 Å². The third kappa shape index (κ3) is 6.56. The van der Waals surface area contributed by atoms with E-state index in [1.54, 1.807) is 42.3 Å². The number of aryl methyl sites for hydroxylation is 2. The fourth-order valence-electron chi connectivity index (χ4n) is 5.91. The molecule has 4 aromatic rings. The smallest absolute Gasteiger partial charge is 0.258 e. The van der Waals surface area contributed by atoms with E-state index in [0.717, 1.165) is 28.8 Å². The largest absolute Gasteiger partial charge is 0.497 e. The second-order valence-electron chi connectivity index (χ2n) is 11.2. The van der Waals surface area contributed by atoms with Crippen LogP contribution in [0.4, 0.5) is 0 Å². The number of carbonyl (C=O) groups excluding carboxylic acids is 3. The van der Waals surface area contributed by atoms with Crippen molar-refractivity contribution in [1.82, 2.24) is 25.1 Å². The van der Waals surface area contributed by atoms with Crippen LogP contribution in [0.5, 0.6) is 23.0 Å². The van der Waals surface area contributed by atoms with E-state index >= 15 is 0 Å². The number of rotatable bonds is 6. The summed E-state index contributed by atoms with van der Waals surface area (Å²) in [6.45, 7) is 3.05. The van der Waals surface area contributed by atoms with E-state index in [2.05, 4.69) is 22.1 Å². The number of ether oxygens (including phenoxy) is 4. The lowest BCUT2D eigenvalue weighted by Crippen LogP contribution is -2.45. The summed E-state index contributed by atoms with van der Waals surface area (Å²) < 4.78 is 25.2. The molecule has 0 radical (unpaired) electrons. The fourth-order valence-corrected chi connectivity index (χ4v) is 5.91. The lowest BCUT2D eigenvalue weighted by atomic mass is 10.1. The van der Waals surface area contributed by atoms with Gasteiger partial charge in [0.2, 0.25) is 5.91 Å². The Kier molecular flexibility index (Phi) is 8.95. The van der Waals surface area contributed by atoms with Crippen LogP contribution in [0.15, 0.2) is 60.7 Å². The zero-order valence-corrected chi connectivity index (χ0v) is 26.1. The van der Waals surface area contributed by atoms with Crippen molar-refractivity contribution in [3.05, 3.63) is 77.6 Å². The number of aromatic nitrogens is 2. The molecule has 1 saturated heterocycles. The summed E-state index contributed by atoms with van der Waals surface area (Å²) in [7, 11) is 3.03. The predicted octanol–water partition coefficient (Wildman–Crippen LogP) is 3.10. The average molecular weight is 628 g/mol. The Labute approximate surface area is 266 Å². The molecule has 0 aliphatic carbocycles. The van der Waals surface area contributed by atoms with Gasteiger partial charge in [-0.15, -0.1) is 0 Å². The van der Waals surface area contributed by atoms with Gasteiger partial charge in [-0.2, -0.15) is 0 Å². The molecule has 3 aromatic carbocycles. The van der Waals surface area contributed by atoms with Crippen molar-refractivity contribution in [3.8, 4) is 23.0 Å². The van der Waals surface area contributed by atoms with E-state index in [1.807, 2.05) is 30.3 Å². The normalized spacial score (nSPS) is 18.2. The maximum absolute atomic E-state index is 13.6. The highest BCUT2D eigenvalue weighted by Crippen LogP contribution is 2.29. The number of hydrogen-bond acceptors (Lipinski definition) is 8. The van der Waals surface area contributed by atoms with Gasteiger partial charge in [-0.3, -0.25) is 14.4 Å². The van der Waals surface area contributed by atoms with Crippen LogP contribution in [0.1, 0.15) is 35.1 Å². The van der Waals surface area contributed by atoms with Gasteiger partial charge in [0.05, 0.1) is 37.8 Å². The molecule has 12 heteroatoms. The summed E-state index contributed by atoms with van der Waals surface area (Å²) in [5.74, 6) is 1.90. The molecule has 3 amide bonds. The van der Waals surface area contributed by atoms with Crippen LogP contribution < -0.4 is 29.6 Å². The van der Waals surface area contributed by atoms with Crippen LogP contribution in [-0.2, 0) is 29.1 Å². The second kappa shape index (κ2) is 13.4. The van der Waals surface area contributed by atoms with E-state index in [0.29, 0.717) is 29.5 Å². The van der Waals surface area contributed by atoms with E-state index < -0.39 is 18.1 Å². The molecule has 1 fully saturated rings. The molecule has 46 heavy (non-hydrogen) atoms. The molecule has 7 rings (SSSR count). The van der Waals surface area contributed by atoms with Gasteiger partial charge in [-0.1, -0.05) is 19.1 Å². The number of likely N-dealkylation sites (tertiary alicyclic amines) is 1. The first-order valence-electron chi connectivity index (χ1n) is 15.3. The van der Waals surface area contributed by atoms with Gasteiger partial charge in [0, 0.05) is 55.7 Å². The summed E-state index contributed by atoms with van der Waals surface area (Å²) >= 11 is 0. The Morgan fingerprint density at radius 2 is 1.87 bits per heavy atom. The second-order valence-corrected chi connectivity index (χ2v) is 11.2.